The Morgan fingerprint density at radius 1 is 1.42 bits per heavy atom. The highest BCUT2D eigenvalue weighted by molar-refractivity contribution is 7.90. The first-order chi connectivity index (χ1) is 5.20. The van der Waals surface area contributed by atoms with Crippen molar-refractivity contribution in [2.45, 2.75) is 38.5 Å². The molecule has 0 bridgehead atoms. The zero-order valence-electron chi connectivity index (χ0n) is 8.09. The lowest BCUT2D eigenvalue weighted by atomic mass is 10.3. The van der Waals surface area contributed by atoms with Crippen LogP contribution in [0.3, 0.4) is 0 Å². The van der Waals surface area contributed by atoms with Crippen LogP contribution in [0.5, 0.6) is 0 Å². The lowest BCUT2D eigenvalue weighted by molar-refractivity contribution is 0.529. The first-order valence-electron chi connectivity index (χ1n) is 3.92. The maximum Gasteiger partial charge on any atom is 0.216 e. The van der Waals surface area contributed by atoms with E-state index in [1.54, 1.807) is 27.7 Å². The van der Waals surface area contributed by atoms with E-state index in [4.69, 9.17) is 5.73 Å². The monoisotopic (exact) mass is 194 g/mol. The van der Waals surface area contributed by atoms with Crippen LogP contribution in [0.25, 0.3) is 0 Å². The summed E-state index contributed by atoms with van der Waals surface area (Å²) in [5, 5.41) is 0. The molecule has 0 aromatic carbocycles. The first kappa shape index (κ1) is 11.9. The van der Waals surface area contributed by atoms with Crippen molar-refractivity contribution >= 4 is 10.0 Å². The van der Waals surface area contributed by atoms with Crippen LogP contribution in [0.1, 0.15) is 27.7 Å². The fourth-order valence-corrected chi connectivity index (χ4v) is 1.47. The first-order valence-corrected chi connectivity index (χ1v) is 5.41. The van der Waals surface area contributed by atoms with E-state index in [2.05, 4.69) is 4.72 Å². The molecular weight excluding hydrogens is 176 g/mol. The summed E-state index contributed by atoms with van der Waals surface area (Å²) in [5.41, 5.74) is 5.30. The van der Waals surface area contributed by atoms with Crippen molar-refractivity contribution in [2.75, 3.05) is 6.54 Å². The van der Waals surface area contributed by atoms with Gasteiger partial charge < -0.3 is 5.73 Å². The Bertz CT molecular complexity index is 228. The molecule has 0 spiro atoms. The number of sulfonamides is 1. The van der Waals surface area contributed by atoms with Gasteiger partial charge in [-0.05, 0) is 27.7 Å². The molecule has 0 fully saturated rings. The zero-order chi connectivity index (χ0) is 9.99. The van der Waals surface area contributed by atoms with E-state index in [9.17, 15) is 8.42 Å². The smallest absolute Gasteiger partial charge is 0.216 e. The molecule has 12 heavy (non-hydrogen) atoms. The third-order valence-corrected chi connectivity index (χ3v) is 3.84. The number of nitrogens with one attached hydrogen (secondary N) is 1. The van der Waals surface area contributed by atoms with E-state index in [1.165, 1.54) is 0 Å². The number of nitrogens with two attached hydrogens (primary N) is 1. The van der Waals surface area contributed by atoms with Crippen molar-refractivity contribution in [1.29, 1.82) is 0 Å². The van der Waals surface area contributed by atoms with E-state index in [0.717, 1.165) is 0 Å². The van der Waals surface area contributed by atoms with Gasteiger partial charge in [-0.2, -0.15) is 0 Å². The zero-order valence-corrected chi connectivity index (χ0v) is 8.90. The van der Waals surface area contributed by atoms with Crippen molar-refractivity contribution in [3.05, 3.63) is 0 Å². The quantitative estimate of drug-likeness (QED) is 0.667. The molecule has 0 aliphatic carbocycles. The van der Waals surface area contributed by atoms with Crippen LogP contribution in [0.15, 0.2) is 0 Å². The van der Waals surface area contributed by atoms with Crippen molar-refractivity contribution < 1.29 is 8.42 Å². The van der Waals surface area contributed by atoms with Crippen molar-refractivity contribution in [2.24, 2.45) is 5.73 Å². The average Bonchev–Trinajstić information content (AvgIpc) is 1.84. The molecule has 1 unspecified atom stereocenters. The standard InChI is InChI=1S/C7H18N2O2S/c1-6(5-8)9-12(10,11)7(2,3)4/h6,9H,5,8H2,1-4H3. The van der Waals surface area contributed by atoms with Crippen molar-refractivity contribution in [3.63, 3.8) is 0 Å². The van der Waals surface area contributed by atoms with Gasteiger partial charge in [-0.3, -0.25) is 0 Å². The van der Waals surface area contributed by atoms with Gasteiger partial charge in [0.15, 0.2) is 0 Å². The summed E-state index contributed by atoms with van der Waals surface area (Å²) < 4.78 is 24.6. The molecule has 0 aromatic heterocycles. The third kappa shape index (κ3) is 3.08. The van der Waals surface area contributed by atoms with E-state index in [-0.39, 0.29) is 6.04 Å². The molecule has 4 nitrogen and oxygen atoms in total. The summed E-state index contributed by atoms with van der Waals surface area (Å²) in [4.78, 5) is 0. The molecule has 0 saturated carbocycles. The Hall–Kier alpha value is -0.130. The molecule has 3 N–H and O–H groups in total. The van der Waals surface area contributed by atoms with Crippen molar-refractivity contribution in [3.8, 4) is 0 Å². The Kier molecular flexibility index (Phi) is 3.68. The van der Waals surface area contributed by atoms with Crippen molar-refractivity contribution in [1.82, 2.24) is 4.72 Å². The molecule has 0 aliphatic heterocycles. The van der Waals surface area contributed by atoms with Gasteiger partial charge in [-0.1, -0.05) is 0 Å². The maximum absolute atomic E-state index is 11.5. The SMILES string of the molecule is CC(CN)NS(=O)(=O)C(C)(C)C. The van der Waals surface area contributed by atoms with E-state index in [0.29, 0.717) is 6.54 Å². The summed E-state index contributed by atoms with van der Waals surface area (Å²) in [6.07, 6.45) is 0. The number of hydrogen-bond donors (Lipinski definition) is 2. The minimum absolute atomic E-state index is 0.200. The number of hydrogen-bond acceptors (Lipinski definition) is 3. The van der Waals surface area contributed by atoms with Crippen LogP contribution in [-0.4, -0.2) is 25.8 Å². The molecule has 0 saturated heterocycles. The highest BCUT2D eigenvalue weighted by atomic mass is 32.2. The minimum Gasteiger partial charge on any atom is -0.329 e. The highest BCUT2D eigenvalue weighted by Crippen LogP contribution is 2.13. The summed E-state index contributed by atoms with van der Waals surface area (Å²) in [5.74, 6) is 0. The molecule has 0 heterocycles. The Morgan fingerprint density at radius 3 is 2.08 bits per heavy atom. The normalized spacial score (nSPS) is 16.1. The molecule has 0 amide bonds. The molecule has 0 rings (SSSR count). The van der Waals surface area contributed by atoms with Gasteiger partial charge in [0.05, 0.1) is 4.75 Å². The molecule has 74 valence electrons. The predicted octanol–water partition coefficient (Wildman–Crippen LogP) is 0.0515. The Balaban J connectivity index is 4.46. The fourth-order valence-electron chi connectivity index (χ4n) is 0.490. The Labute approximate surface area is 74.6 Å². The van der Waals surface area contributed by atoms with Crippen LogP contribution >= 0.6 is 0 Å². The predicted molar refractivity (Wildman–Crippen MR) is 50.3 cm³/mol. The summed E-state index contributed by atoms with van der Waals surface area (Å²) in [6, 6.07) is -0.200. The topological polar surface area (TPSA) is 72.2 Å². The highest BCUT2D eigenvalue weighted by Gasteiger charge is 2.29. The molecule has 5 heteroatoms. The second kappa shape index (κ2) is 3.72. The summed E-state index contributed by atoms with van der Waals surface area (Å²) in [7, 11) is -3.24. The molecule has 0 aromatic rings. The van der Waals surface area contributed by atoms with Gasteiger partial charge in [-0.15, -0.1) is 0 Å². The van der Waals surface area contributed by atoms with Crippen LogP contribution in [0.2, 0.25) is 0 Å². The van der Waals surface area contributed by atoms with Crippen LogP contribution < -0.4 is 10.5 Å². The van der Waals surface area contributed by atoms with E-state index >= 15 is 0 Å². The van der Waals surface area contributed by atoms with E-state index < -0.39 is 14.8 Å². The van der Waals surface area contributed by atoms with Crippen LogP contribution in [0, 0.1) is 0 Å². The number of rotatable bonds is 3. The van der Waals surface area contributed by atoms with Gasteiger partial charge in [-0.25, -0.2) is 13.1 Å². The third-order valence-electron chi connectivity index (χ3n) is 1.52. The van der Waals surface area contributed by atoms with Gasteiger partial charge in [0.25, 0.3) is 0 Å². The summed E-state index contributed by atoms with van der Waals surface area (Å²) in [6.45, 7) is 7.01. The average molecular weight is 194 g/mol. The lowest BCUT2D eigenvalue weighted by Gasteiger charge is -2.22. The van der Waals surface area contributed by atoms with E-state index in [1.807, 2.05) is 0 Å². The van der Waals surface area contributed by atoms with Crippen LogP contribution in [0.4, 0.5) is 0 Å². The maximum atomic E-state index is 11.5. The van der Waals surface area contributed by atoms with Gasteiger partial charge >= 0.3 is 0 Å². The summed E-state index contributed by atoms with van der Waals surface area (Å²) >= 11 is 0. The lowest BCUT2D eigenvalue weighted by Crippen LogP contribution is -2.46. The Morgan fingerprint density at radius 2 is 1.83 bits per heavy atom. The minimum atomic E-state index is -3.24. The van der Waals surface area contributed by atoms with Crippen LogP contribution in [-0.2, 0) is 10.0 Å². The van der Waals surface area contributed by atoms with Gasteiger partial charge in [0.1, 0.15) is 0 Å². The molecular formula is C7H18N2O2S. The largest absolute Gasteiger partial charge is 0.329 e. The van der Waals surface area contributed by atoms with Gasteiger partial charge in [0, 0.05) is 12.6 Å². The molecule has 0 aliphatic rings. The molecule has 1 atom stereocenters. The second-order valence-electron chi connectivity index (χ2n) is 3.87. The van der Waals surface area contributed by atoms with Gasteiger partial charge in [0.2, 0.25) is 10.0 Å². The second-order valence-corrected chi connectivity index (χ2v) is 6.34. The fraction of sp³-hybridized carbons (Fsp3) is 1.00. The molecule has 0 radical (unpaired) electrons.